The number of rotatable bonds is 7. The van der Waals surface area contributed by atoms with Crippen LogP contribution in [0.15, 0.2) is 261 Å². The Bertz CT molecular complexity index is 6960. The number of aldehydes is 2. The molecule has 19 aromatic rings. The fourth-order valence-electron chi connectivity index (χ4n) is 12.7. The number of nitrogens with zero attached hydrogens (tertiary/aromatic N) is 15. The highest BCUT2D eigenvalue weighted by molar-refractivity contribution is 9.10. The predicted octanol–water partition coefficient (Wildman–Crippen LogP) is 18.3. The van der Waals surface area contributed by atoms with Crippen molar-refractivity contribution in [3.05, 3.63) is 303 Å². The standard InChI is InChI=1S/C23H21BN4O2.C17H10Cl2N4.C17H9ClN4.C11H7ClN2O.C6H4BrNO.C6H7ClN2.C5H5BClNO2/c1-22(2)23(3,4)30-24(29-22)14-7-8-18-17(12-14)27-21-16-6-5-10-26-20(16)15-9-11-25-13-19(15)28(18)21;18-10-3-4-14-15(8-10)23-17(22-14)12-2-1-6-21-16(12)11-5-7-20-9-13(11)19;18-10-3-4-14-13(8-10)21-17-12-2-1-6-20-16(12)11-5-7-19-9-15(11)22(14)17;12-10-6-13-5-3-9(10)11-8(7-15)2-1-4-14-11;7-6-5(4-9)2-1-3-8-6;7-4-1-2-5(8)6(9)3-4;7-5-3-8-2-1-4(5)6(9)10/h5-13H,1-4H3;1-9H,(H,22,23);1-9H;1-7H;1-4H;1-3H,8-9H2;1-3,9-10H. The molecule has 7 N–H and O–H groups in total. The Morgan fingerprint density at radius 2 is 0.932 bits per heavy atom. The number of nitrogen functional groups attached to an aromatic ring is 2. The number of halogens is 7. The van der Waals surface area contributed by atoms with Crippen LogP contribution in [0, 0.1) is 0 Å². The Kier molecular flexibility index (Phi) is 25.3. The van der Waals surface area contributed by atoms with Gasteiger partial charge in [-0.15, -0.1) is 0 Å². The van der Waals surface area contributed by atoms with Crippen LogP contribution in [0.3, 0.4) is 0 Å². The van der Waals surface area contributed by atoms with Crippen molar-refractivity contribution in [3.63, 3.8) is 0 Å². The number of carbonyl (C=O) groups is 2. The molecule has 15 aromatic heterocycles. The van der Waals surface area contributed by atoms with Gasteiger partial charge in [-0.05, 0) is 207 Å². The number of hydrogen-bond donors (Lipinski definition) is 5. The Morgan fingerprint density at radius 1 is 0.449 bits per heavy atom. The smallest absolute Gasteiger partial charge is 0.423 e. The van der Waals surface area contributed by atoms with E-state index in [1.54, 1.807) is 104 Å². The molecular formula is C85H63B2BrCl6N18O6. The van der Waals surface area contributed by atoms with Crippen molar-refractivity contribution in [3.8, 4) is 33.9 Å². The van der Waals surface area contributed by atoms with Gasteiger partial charge < -0.3 is 35.8 Å². The maximum Gasteiger partial charge on any atom is 0.494 e. The Labute approximate surface area is 711 Å². The molecule has 0 saturated carbocycles. The number of pyridine rings is 12. The molecule has 33 heteroatoms. The second kappa shape index (κ2) is 36.2. The number of aromatic nitrogens is 16. The van der Waals surface area contributed by atoms with Crippen LogP contribution < -0.4 is 22.4 Å². The van der Waals surface area contributed by atoms with Crippen molar-refractivity contribution in [2.45, 2.75) is 38.9 Å². The third kappa shape index (κ3) is 17.8. The summed E-state index contributed by atoms with van der Waals surface area (Å²) in [5, 5.41) is 24.7. The maximum atomic E-state index is 10.8. The molecular weight excluding hydrogens is 1680 g/mol. The van der Waals surface area contributed by atoms with Crippen molar-refractivity contribution in [2.24, 2.45) is 0 Å². The number of nitrogens with two attached hydrogens (primary N) is 2. The van der Waals surface area contributed by atoms with Gasteiger partial charge in [0.25, 0.3) is 0 Å². The van der Waals surface area contributed by atoms with E-state index in [0.29, 0.717) is 57.9 Å². The Balaban J connectivity index is 0.000000118. The van der Waals surface area contributed by atoms with Gasteiger partial charge in [0, 0.05) is 150 Å². The topological polar surface area (TPSA) is 337 Å². The highest BCUT2D eigenvalue weighted by Gasteiger charge is 2.52. The fraction of sp³-hybridized carbons (Fsp3) is 0.0706. The van der Waals surface area contributed by atoms with Crippen LogP contribution in [0.2, 0.25) is 30.1 Å². The van der Waals surface area contributed by atoms with Crippen LogP contribution in [-0.2, 0) is 9.31 Å². The quantitative estimate of drug-likeness (QED) is 0.0325. The second-order valence-corrected chi connectivity index (χ2v) is 30.3. The summed E-state index contributed by atoms with van der Waals surface area (Å²) < 4.78 is 17.4. The molecule has 16 heterocycles. The third-order valence-electron chi connectivity index (χ3n) is 19.1. The van der Waals surface area contributed by atoms with E-state index >= 15 is 0 Å². The number of nitrogens with one attached hydrogen (secondary N) is 1. The summed E-state index contributed by atoms with van der Waals surface area (Å²) in [6.45, 7) is 8.26. The lowest BCUT2D eigenvalue weighted by atomic mass is 9.79. The lowest BCUT2D eigenvalue weighted by Gasteiger charge is -2.32. The van der Waals surface area contributed by atoms with Crippen LogP contribution >= 0.6 is 85.5 Å². The number of carbonyl (C=O) groups excluding carboxylic acids is 2. The largest absolute Gasteiger partial charge is 0.494 e. The molecule has 1 saturated heterocycles. The summed E-state index contributed by atoms with van der Waals surface area (Å²) in [6, 6.07) is 50.2. The summed E-state index contributed by atoms with van der Waals surface area (Å²) >= 11 is 38.6. The van der Waals surface area contributed by atoms with E-state index in [1.165, 1.54) is 24.7 Å². The van der Waals surface area contributed by atoms with Gasteiger partial charge in [-0.3, -0.25) is 63.2 Å². The van der Waals surface area contributed by atoms with E-state index < -0.39 is 14.2 Å². The van der Waals surface area contributed by atoms with Crippen LogP contribution in [0.4, 0.5) is 11.4 Å². The molecule has 0 aliphatic carbocycles. The van der Waals surface area contributed by atoms with Gasteiger partial charge in [0.2, 0.25) is 0 Å². The molecule has 0 spiro atoms. The van der Waals surface area contributed by atoms with Crippen LogP contribution in [0.5, 0.6) is 0 Å². The average Bonchev–Trinajstić information content (AvgIpc) is 1.56. The number of imidazole rings is 3. The zero-order chi connectivity index (χ0) is 82.9. The van der Waals surface area contributed by atoms with Gasteiger partial charge in [0.05, 0.1) is 117 Å². The number of anilines is 2. The molecule has 1 aliphatic heterocycles. The van der Waals surface area contributed by atoms with Gasteiger partial charge in [-0.2, -0.15) is 0 Å². The molecule has 0 atom stereocenters. The molecule has 0 unspecified atom stereocenters. The predicted molar refractivity (Wildman–Crippen MR) is 474 cm³/mol. The highest BCUT2D eigenvalue weighted by atomic mass is 79.9. The van der Waals surface area contributed by atoms with Gasteiger partial charge in [0.1, 0.15) is 21.7 Å². The summed E-state index contributed by atoms with van der Waals surface area (Å²) in [5.41, 5.74) is 28.4. The van der Waals surface area contributed by atoms with Crippen molar-refractivity contribution in [1.29, 1.82) is 0 Å². The minimum atomic E-state index is -1.52. The number of H-pyrrole nitrogens is 1. The molecule has 0 bridgehead atoms. The molecule has 118 heavy (non-hydrogen) atoms. The van der Waals surface area contributed by atoms with Crippen molar-refractivity contribution < 1.29 is 28.9 Å². The third-order valence-corrected chi connectivity index (χ3v) is 21.4. The van der Waals surface area contributed by atoms with E-state index in [9.17, 15) is 9.59 Å². The first kappa shape index (κ1) is 82.4. The molecule has 584 valence electrons. The minimum absolute atomic E-state index is 0.262. The van der Waals surface area contributed by atoms with Crippen molar-refractivity contribution in [1.82, 2.24) is 78.6 Å². The van der Waals surface area contributed by atoms with Crippen LogP contribution in [-0.4, -0.2) is 127 Å². The zero-order valence-electron chi connectivity index (χ0n) is 62.6. The number of benzene rings is 4. The molecule has 1 aliphatic rings. The molecule has 4 aromatic carbocycles. The van der Waals surface area contributed by atoms with Gasteiger partial charge in [-0.25, -0.2) is 19.9 Å². The number of aromatic amines is 1. The normalized spacial score (nSPS) is 12.5. The lowest BCUT2D eigenvalue weighted by molar-refractivity contribution is 0.00578. The maximum absolute atomic E-state index is 10.8. The van der Waals surface area contributed by atoms with Gasteiger partial charge >= 0.3 is 14.2 Å². The fourth-order valence-corrected chi connectivity index (χ4v) is 14.2. The highest BCUT2D eigenvalue weighted by Crippen LogP contribution is 2.39. The Hall–Kier alpha value is -12.1. The number of fused-ring (bicyclic) bond motifs is 17. The average molecular weight is 1750 g/mol. The summed E-state index contributed by atoms with van der Waals surface area (Å²) in [4.78, 5) is 80.4. The first-order chi connectivity index (χ1) is 57.0. The van der Waals surface area contributed by atoms with E-state index in [0.717, 1.165) is 134 Å². The molecule has 24 nitrogen and oxygen atoms in total. The van der Waals surface area contributed by atoms with Gasteiger partial charge in [0.15, 0.2) is 12.6 Å². The minimum Gasteiger partial charge on any atom is -0.423 e. The van der Waals surface area contributed by atoms with Crippen molar-refractivity contribution >= 4 is 223 Å². The van der Waals surface area contributed by atoms with E-state index in [1.807, 2.05) is 104 Å². The summed E-state index contributed by atoms with van der Waals surface area (Å²) in [5.74, 6) is 0.721. The van der Waals surface area contributed by atoms with Crippen LogP contribution in [0.25, 0.3) is 122 Å². The molecule has 20 rings (SSSR count). The molecule has 1 fully saturated rings. The first-order valence-electron chi connectivity index (χ1n) is 35.9. The van der Waals surface area contributed by atoms with E-state index in [4.69, 9.17) is 110 Å². The number of hydrogen-bond acceptors (Lipinski definition) is 21. The zero-order valence-corrected chi connectivity index (χ0v) is 68.7. The lowest BCUT2D eigenvalue weighted by Crippen LogP contribution is -2.41. The van der Waals surface area contributed by atoms with E-state index in [2.05, 4.69) is 136 Å². The SMILES string of the molecule is CC1(C)OB(c2ccc3c(c2)nc2c4cccnc4c4ccncc4n32)OC1(C)C.Clc1ccc2c(c1)nc1c3cccnc3c3ccncc3n21.Clc1ccc2nc(-c3cccnc3-c3ccncc3Cl)[nH]c2c1.Nc1ccc(Cl)cc1N.O=Cc1cccnc1-c1ccncc1Cl.O=Cc1cccnc1Br.OB(O)c1ccncc1Cl. The first-order valence-corrected chi connectivity index (χ1v) is 38.9. The monoisotopic (exact) mass is 1740 g/mol. The Morgan fingerprint density at radius 3 is 1.48 bits per heavy atom. The van der Waals surface area contributed by atoms with Crippen LogP contribution in [0.1, 0.15) is 48.4 Å². The summed E-state index contributed by atoms with van der Waals surface area (Å²) in [6.07, 6.45) is 26.7. The van der Waals surface area contributed by atoms with Crippen molar-refractivity contribution in [2.75, 3.05) is 11.5 Å². The van der Waals surface area contributed by atoms with E-state index in [-0.39, 0.29) is 21.7 Å². The second-order valence-electron chi connectivity index (χ2n) is 27.1. The molecule has 0 radical (unpaired) electrons. The molecule has 0 amide bonds. The van der Waals surface area contributed by atoms with Gasteiger partial charge in [-0.1, -0.05) is 75.7 Å². The summed E-state index contributed by atoms with van der Waals surface area (Å²) in [7, 11) is -1.93.